The Labute approximate surface area is 200 Å². The average Bonchev–Trinajstić information content (AvgIpc) is 3.55. The Bertz CT molecular complexity index is 1220. The maximum atomic E-state index is 6.24. The second-order valence-electron chi connectivity index (χ2n) is 9.07. The summed E-state index contributed by atoms with van der Waals surface area (Å²) in [4.78, 5) is 0. The summed E-state index contributed by atoms with van der Waals surface area (Å²) in [5.74, 6) is 1.85. The third-order valence-electron chi connectivity index (χ3n) is 6.43. The zero-order valence-corrected chi connectivity index (χ0v) is 19.9. The minimum Gasteiger partial charge on any atom is -0.490 e. The summed E-state index contributed by atoms with van der Waals surface area (Å²) < 4.78 is 14.1. The molecule has 2 heterocycles. The zero-order valence-electron chi connectivity index (χ0n) is 19.9. The van der Waals surface area contributed by atoms with Crippen molar-refractivity contribution < 1.29 is 9.15 Å². The molecule has 1 saturated carbocycles. The van der Waals surface area contributed by atoms with Gasteiger partial charge in [-0.1, -0.05) is 31.0 Å². The number of hydrogen-bond acceptors (Lipinski definition) is 6. The van der Waals surface area contributed by atoms with E-state index < -0.39 is 0 Å². The molecule has 176 valence electrons. The number of aryl methyl sites for hydroxylation is 2. The Balaban J connectivity index is 1.31. The quantitative estimate of drug-likeness (QED) is 0.307. The highest BCUT2D eigenvalue weighted by molar-refractivity contribution is 5.63. The summed E-state index contributed by atoms with van der Waals surface area (Å²) in [5.41, 5.74) is 4.80. The number of ether oxygens (including phenoxy) is 1. The van der Waals surface area contributed by atoms with E-state index in [1.54, 1.807) is 4.68 Å². The van der Waals surface area contributed by atoms with Crippen LogP contribution in [0.15, 0.2) is 53.1 Å². The molecule has 0 spiro atoms. The molecule has 0 atom stereocenters. The van der Waals surface area contributed by atoms with E-state index in [1.165, 1.54) is 19.3 Å². The van der Waals surface area contributed by atoms with Gasteiger partial charge >= 0.3 is 0 Å². The van der Waals surface area contributed by atoms with Crippen LogP contribution in [-0.2, 0) is 6.42 Å². The lowest BCUT2D eigenvalue weighted by Gasteiger charge is -2.23. The van der Waals surface area contributed by atoms with Crippen LogP contribution in [-0.4, -0.2) is 31.3 Å². The van der Waals surface area contributed by atoms with Gasteiger partial charge in [0.15, 0.2) is 0 Å². The smallest absolute Gasteiger partial charge is 0.248 e. The number of nitrogens with zero attached hydrogens (tertiary/aromatic N) is 5. The van der Waals surface area contributed by atoms with Crippen molar-refractivity contribution in [2.75, 3.05) is 0 Å². The molecule has 1 aliphatic rings. The Morgan fingerprint density at radius 2 is 1.76 bits per heavy atom. The van der Waals surface area contributed by atoms with Crippen molar-refractivity contribution in [1.29, 1.82) is 0 Å². The second-order valence-corrected chi connectivity index (χ2v) is 9.07. The minimum absolute atomic E-state index is 0.300. The van der Waals surface area contributed by atoms with Gasteiger partial charge in [-0.2, -0.15) is 0 Å². The highest BCUT2D eigenvalue weighted by Crippen LogP contribution is 2.31. The molecule has 0 amide bonds. The molecular weight excluding hydrogens is 426 g/mol. The van der Waals surface area contributed by atoms with Crippen LogP contribution in [0, 0.1) is 6.92 Å². The zero-order chi connectivity index (χ0) is 23.3. The first-order chi connectivity index (χ1) is 16.7. The first kappa shape index (κ1) is 22.3. The third-order valence-corrected chi connectivity index (χ3v) is 6.43. The van der Waals surface area contributed by atoms with Crippen LogP contribution < -0.4 is 4.74 Å². The fraction of sp³-hybridized carbons (Fsp3) is 0.407. The molecule has 0 unspecified atom stereocenters. The molecule has 2 aromatic heterocycles. The lowest BCUT2D eigenvalue weighted by molar-refractivity contribution is 0.155. The topological polar surface area (TPSA) is 78.9 Å². The number of rotatable bonds is 8. The van der Waals surface area contributed by atoms with Gasteiger partial charge in [-0.15, -0.1) is 15.3 Å². The van der Waals surface area contributed by atoms with E-state index in [4.69, 9.17) is 9.15 Å². The summed E-state index contributed by atoms with van der Waals surface area (Å²) in [6.45, 7) is 4.22. The SMILES string of the molecule is CCCCc1cn(-c2ccc(-c3nnc(-c4cc(OC5CCCCC5)ccc4C)o3)cc2)nn1. The first-order valence-corrected chi connectivity index (χ1v) is 12.3. The van der Waals surface area contributed by atoms with Crippen molar-refractivity contribution >= 4 is 0 Å². The highest BCUT2D eigenvalue weighted by atomic mass is 16.5. The van der Waals surface area contributed by atoms with Crippen molar-refractivity contribution in [2.24, 2.45) is 0 Å². The van der Waals surface area contributed by atoms with Crippen LogP contribution in [0.1, 0.15) is 63.1 Å². The van der Waals surface area contributed by atoms with Gasteiger partial charge in [0.2, 0.25) is 11.8 Å². The molecule has 0 bridgehead atoms. The van der Waals surface area contributed by atoms with Crippen LogP contribution >= 0.6 is 0 Å². The van der Waals surface area contributed by atoms with Gasteiger partial charge in [0, 0.05) is 11.1 Å². The van der Waals surface area contributed by atoms with E-state index in [2.05, 4.69) is 33.5 Å². The molecule has 5 rings (SSSR count). The summed E-state index contributed by atoms with van der Waals surface area (Å²) in [6.07, 6.45) is 11.5. The summed E-state index contributed by atoms with van der Waals surface area (Å²) in [5, 5.41) is 17.1. The number of hydrogen-bond donors (Lipinski definition) is 0. The van der Waals surface area contributed by atoms with Gasteiger partial charge in [-0.05, 0) is 87.4 Å². The molecule has 7 heteroatoms. The van der Waals surface area contributed by atoms with Crippen molar-refractivity contribution in [3.05, 3.63) is 59.9 Å². The van der Waals surface area contributed by atoms with Crippen LogP contribution in [0.3, 0.4) is 0 Å². The Morgan fingerprint density at radius 3 is 2.56 bits per heavy atom. The highest BCUT2D eigenvalue weighted by Gasteiger charge is 2.17. The van der Waals surface area contributed by atoms with Gasteiger partial charge in [-0.25, -0.2) is 4.68 Å². The van der Waals surface area contributed by atoms with Gasteiger partial charge < -0.3 is 9.15 Å². The average molecular weight is 458 g/mol. The molecule has 1 aliphatic carbocycles. The molecule has 0 N–H and O–H groups in total. The Morgan fingerprint density at radius 1 is 0.971 bits per heavy atom. The van der Waals surface area contributed by atoms with E-state index in [1.807, 2.05) is 49.5 Å². The summed E-state index contributed by atoms with van der Waals surface area (Å²) in [7, 11) is 0. The minimum atomic E-state index is 0.300. The Kier molecular flexibility index (Phi) is 6.70. The fourth-order valence-corrected chi connectivity index (χ4v) is 4.38. The molecule has 0 saturated heterocycles. The van der Waals surface area contributed by atoms with Crippen molar-refractivity contribution in [3.63, 3.8) is 0 Å². The number of unbranched alkanes of at least 4 members (excludes halogenated alkanes) is 1. The predicted molar refractivity (Wildman–Crippen MR) is 131 cm³/mol. The Hall–Kier alpha value is -3.48. The maximum Gasteiger partial charge on any atom is 0.248 e. The fourth-order valence-electron chi connectivity index (χ4n) is 4.38. The van der Waals surface area contributed by atoms with Crippen molar-refractivity contribution in [2.45, 2.75) is 71.3 Å². The van der Waals surface area contributed by atoms with Gasteiger partial charge in [0.1, 0.15) is 5.75 Å². The third kappa shape index (κ3) is 5.03. The van der Waals surface area contributed by atoms with Gasteiger partial charge in [-0.3, -0.25) is 0 Å². The second kappa shape index (κ2) is 10.2. The van der Waals surface area contributed by atoms with Crippen LogP contribution in [0.5, 0.6) is 5.75 Å². The normalized spacial score (nSPS) is 14.4. The van der Waals surface area contributed by atoms with Gasteiger partial charge in [0.25, 0.3) is 0 Å². The van der Waals surface area contributed by atoms with E-state index in [9.17, 15) is 0 Å². The summed E-state index contributed by atoms with van der Waals surface area (Å²) in [6, 6.07) is 14.0. The maximum absolute atomic E-state index is 6.24. The molecule has 2 aromatic carbocycles. The largest absolute Gasteiger partial charge is 0.490 e. The lowest BCUT2D eigenvalue weighted by atomic mass is 9.98. The number of benzene rings is 2. The van der Waals surface area contributed by atoms with Crippen LogP contribution in [0.4, 0.5) is 0 Å². The van der Waals surface area contributed by atoms with Gasteiger partial charge in [0.05, 0.1) is 23.7 Å². The predicted octanol–water partition coefficient (Wildman–Crippen LogP) is 6.35. The van der Waals surface area contributed by atoms with Crippen molar-refractivity contribution in [1.82, 2.24) is 25.2 Å². The lowest BCUT2D eigenvalue weighted by Crippen LogP contribution is -2.19. The van der Waals surface area contributed by atoms with E-state index in [0.717, 1.165) is 65.9 Å². The molecular formula is C27H31N5O2. The molecule has 7 nitrogen and oxygen atoms in total. The first-order valence-electron chi connectivity index (χ1n) is 12.3. The van der Waals surface area contributed by atoms with Crippen LogP contribution in [0.2, 0.25) is 0 Å². The van der Waals surface area contributed by atoms with Crippen LogP contribution in [0.25, 0.3) is 28.6 Å². The molecule has 4 aromatic rings. The van der Waals surface area contributed by atoms with E-state index in [-0.39, 0.29) is 0 Å². The number of aromatic nitrogens is 5. The molecule has 0 radical (unpaired) electrons. The molecule has 0 aliphatic heterocycles. The molecule has 34 heavy (non-hydrogen) atoms. The van der Waals surface area contributed by atoms with Crippen molar-refractivity contribution in [3.8, 4) is 34.3 Å². The monoisotopic (exact) mass is 457 g/mol. The molecule has 1 fully saturated rings. The standard InChI is InChI=1S/C27H31N5O2/c1-3-4-8-21-18-32(31-28-21)22-14-12-20(13-15-22)26-29-30-27(34-26)25-17-24(16-11-19(25)2)33-23-9-6-5-7-10-23/h11-18,23H,3-10H2,1-2H3. The van der Waals surface area contributed by atoms with E-state index >= 15 is 0 Å². The summed E-state index contributed by atoms with van der Waals surface area (Å²) >= 11 is 0. The van der Waals surface area contributed by atoms with E-state index in [0.29, 0.717) is 17.9 Å².